The van der Waals surface area contributed by atoms with Gasteiger partial charge in [-0.05, 0) is 61.7 Å². The summed E-state index contributed by atoms with van der Waals surface area (Å²) in [5, 5.41) is 0.681. The summed E-state index contributed by atoms with van der Waals surface area (Å²) in [6.45, 7) is 5.92. The lowest BCUT2D eigenvalue weighted by molar-refractivity contribution is -0.116. The van der Waals surface area contributed by atoms with Crippen LogP contribution in [0.5, 0.6) is 0 Å². The molecule has 0 unspecified atom stereocenters. The highest BCUT2D eigenvalue weighted by Gasteiger charge is 2.14. The molecule has 0 saturated carbocycles. The number of carbonyl (C=O) groups is 1. The van der Waals surface area contributed by atoms with Crippen LogP contribution in [-0.2, 0) is 28.4 Å². The summed E-state index contributed by atoms with van der Waals surface area (Å²) in [6, 6.07) is 7.44. The van der Waals surface area contributed by atoms with E-state index in [1.54, 1.807) is 24.0 Å². The van der Waals surface area contributed by atoms with E-state index in [1.807, 2.05) is 53.7 Å². The van der Waals surface area contributed by atoms with Crippen molar-refractivity contribution in [2.45, 2.75) is 54.5 Å². The van der Waals surface area contributed by atoms with Crippen molar-refractivity contribution in [2.24, 2.45) is 0 Å². The topological polar surface area (TPSA) is 142 Å². The Kier molecular flexibility index (Phi) is 24.1. The Labute approximate surface area is 182 Å². The normalized spacial score (nSPS) is 9.82. The minimum atomic E-state index is -3.81. The first-order chi connectivity index (χ1) is 12.5. The van der Waals surface area contributed by atoms with Crippen LogP contribution in [0.15, 0.2) is 24.3 Å². The van der Waals surface area contributed by atoms with Gasteiger partial charge in [-0.2, -0.15) is 0 Å². The molecular formula is C15H32ClNO7P2S2. The molecule has 13 heteroatoms. The van der Waals surface area contributed by atoms with Crippen molar-refractivity contribution in [3.63, 3.8) is 0 Å². The third kappa shape index (κ3) is 33.6. The number of halogens is 1. The van der Waals surface area contributed by atoms with Gasteiger partial charge >= 0.3 is 13.4 Å². The molecule has 1 aromatic carbocycles. The lowest BCUT2D eigenvalue weighted by Gasteiger charge is -2.25. The highest BCUT2D eigenvalue weighted by atomic mass is 35.5. The first kappa shape index (κ1) is 35.5. The summed E-state index contributed by atoms with van der Waals surface area (Å²) < 4.78 is 0. The van der Waals surface area contributed by atoms with Crippen LogP contribution in [0.4, 0.5) is 5.69 Å². The fourth-order valence-corrected chi connectivity index (χ4v) is 1.57. The van der Waals surface area contributed by atoms with Crippen molar-refractivity contribution >= 4 is 60.2 Å². The second kappa shape index (κ2) is 19.0. The van der Waals surface area contributed by atoms with E-state index in [9.17, 15) is 4.79 Å². The number of anilines is 1. The van der Waals surface area contributed by atoms with Gasteiger partial charge in [-0.15, -0.1) is 0 Å². The molecule has 6 N–H and O–H groups in total. The van der Waals surface area contributed by atoms with Crippen molar-refractivity contribution < 1.29 is 34.2 Å². The van der Waals surface area contributed by atoms with Crippen LogP contribution in [0.25, 0.3) is 0 Å². The Morgan fingerprint density at radius 3 is 1.32 bits per heavy atom. The SMILES string of the molecule is CC.CC.CC(=O)N(c1ccc(Cl)cc1)C(C)C.OP(O)(O)=S.OP(O)(O)=S. The van der Waals surface area contributed by atoms with Crippen molar-refractivity contribution in [1.29, 1.82) is 0 Å². The maximum atomic E-state index is 11.4. The van der Waals surface area contributed by atoms with Gasteiger partial charge in [0.2, 0.25) is 5.91 Å². The lowest BCUT2D eigenvalue weighted by Crippen LogP contribution is -2.34. The summed E-state index contributed by atoms with van der Waals surface area (Å²) in [6.07, 6.45) is 0. The summed E-state index contributed by atoms with van der Waals surface area (Å²) in [5.41, 5.74) is 0.886. The first-order valence-electron chi connectivity index (χ1n) is 8.14. The molecule has 0 heterocycles. The molecule has 8 nitrogen and oxygen atoms in total. The van der Waals surface area contributed by atoms with E-state index in [-0.39, 0.29) is 11.9 Å². The van der Waals surface area contributed by atoms with Crippen LogP contribution >= 0.6 is 25.0 Å². The minimum absolute atomic E-state index is 0.0438. The number of hydrogen-bond donors (Lipinski definition) is 6. The van der Waals surface area contributed by atoms with Crippen molar-refractivity contribution in [3.05, 3.63) is 29.3 Å². The summed E-state index contributed by atoms with van der Waals surface area (Å²) in [4.78, 5) is 58.4. The number of hydrogen-bond acceptors (Lipinski definition) is 3. The van der Waals surface area contributed by atoms with Crippen molar-refractivity contribution in [3.8, 4) is 0 Å². The van der Waals surface area contributed by atoms with Gasteiger partial charge in [0.15, 0.2) is 0 Å². The average molecular weight is 500 g/mol. The fraction of sp³-hybridized carbons (Fsp3) is 0.533. The molecule has 1 amide bonds. The van der Waals surface area contributed by atoms with Crippen LogP contribution in [0, 0.1) is 0 Å². The zero-order valence-corrected chi connectivity index (χ0v) is 21.2. The quantitative estimate of drug-likeness (QED) is 0.337. The van der Waals surface area contributed by atoms with Crippen molar-refractivity contribution in [2.75, 3.05) is 4.90 Å². The molecule has 0 spiro atoms. The Morgan fingerprint density at radius 1 is 0.893 bits per heavy atom. The smallest absolute Gasteiger partial charge is 0.319 e. The van der Waals surface area contributed by atoms with E-state index < -0.39 is 13.4 Å². The summed E-state index contributed by atoms with van der Waals surface area (Å²) >= 11 is 13.0. The second-order valence-corrected chi connectivity index (χ2v) is 9.91. The molecule has 1 rings (SSSR count). The molecule has 168 valence electrons. The Hall–Kier alpha value is 0.0400. The highest BCUT2D eigenvalue weighted by molar-refractivity contribution is 8.06. The largest absolute Gasteiger partial charge is 0.325 e. The highest BCUT2D eigenvalue weighted by Crippen LogP contribution is 2.27. The van der Waals surface area contributed by atoms with Gasteiger partial charge in [0.1, 0.15) is 0 Å². The third-order valence-corrected chi connectivity index (χ3v) is 2.21. The molecular weight excluding hydrogens is 468 g/mol. The maximum Gasteiger partial charge on any atom is 0.319 e. The van der Waals surface area contributed by atoms with Gasteiger partial charge in [-0.25, -0.2) is 0 Å². The zero-order chi connectivity index (χ0) is 23.7. The fourth-order valence-electron chi connectivity index (χ4n) is 1.45. The standard InChI is InChI=1S/C11H14ClNO.2C2H6.2H3O3PS/c1-8(2)13(9(3)14)11-6-4-10(12)5-7-11;2*1-2;2*1-4(2,3)5/h4-8H,1-3H3;2*1-2H3;2*(H3,1,2,3,5). The Morgan fingerprint density at radius 2 is 1.14 bits per heavy atom. The minimum Gasteiger partial charge on any atom is -0.325 e. The molecule has 0 fully saturated rings. The van der Waals surface area contributed by atoms with E-state index in [1.165, 1.54) is 0 Å². The monoisotopic (exact) mass is 499 g/mol. The van der Waals surface area contributed by atoms with Crippen LogP contribution in [-0.4, -0.2) is 41.3 Å². The lowest BCUT2D eigenvalue weighted by atomic mass is 10.2. The molecule has 0 aliphatic heterocycles. The maximum absolute atomic E-state index is 11.4. The van der Waals surface area contributed by atoms with Crippen LogP contribution < -0.4 is 4.90 Å². The molecule has 0 aliphatic carbocycles. The van der Waals surface area contributed by atoms with Crippen LogP contribution in [0.2, 0.25) is 5.02 Å². The number of nitrogens with zero attached hydrogens (tertiary/aromatic N) is 1. The number of rotatable bonds is 2. The third-order valence-electron chi connectivity index (χ3n) is 1.96. The molecule has 0 aromatic heterocycles. The van der Waals surface area contributed by atoms with E-state index >= 15 is 0 Å². The van der Waals surface area contributed by atoms with E-state index in [2.05, 4.69) is 23.6 Å². The Bertz CT molecular complexity index is 570. The number of benzene rings is 1. The van der Waals surface area contributed by atoms with Crippen molar-refractivity contribution in [1.82, 2.24) is 0 Å². The van der Waals surface area contributed by atoms with Gasteiger partial charge < -0.3 is 34.3 Å². The van der Waals surface area contributed by atoms with Gasteiger partial charge in [0, 0.05) is 23.7 Å². The van der Waals surface area contributed by atoms with E-state index in [0.717, 1.165) is 5.69 Å². The Balaban J connectivity index is -0.000000171. The number of amides is 1. The van der Waals surface area contributed by atoms with E-state index in [4.69, 9.17) is 41.0 Å². The molecule has 1 aromatic rings. The number of carbonyl (C=O) groups excluding carboxylic acids is 1. The van der Waals surface area contributed by atoms with E-state index in [0.29, 0.717) is 5.02 Å². The predicted octanol–water partition coefficient (Wildman–Crippen LogP) is 3.53. The second-order valence-electron chi connectivity index (χ2n) is 4.49. The molecule has 0 bridgehead atoms. The molecule has 28 heavy (non-hydrogen) atoms. The average Bonchev–Trinajstić information content (AvgIpc) is 2.49. The summed E-state index contributed by atoms with van der Waals surface area (Å²) in [7, 11) is 0. The molecule has 0 aliphatic rings. The summed E-state index contributed by atoms with van der Waals surface area (Å²) in [5.74, 6) is 0.0438. The van der Waals surface area contributed by atoms with Gasteiger partial charge in [0.25, 0.3) is 0 Å². The molecule has 0 atom stereocenters. The van der Waals surface area contributed by atoms with Gasteiger partial charge in [-0.3, -0.25) is 4.79 Å². The zero-order valence-electron chi connectivity index (χ0n) is 17.0. The molecule has 0 saturated heterocycles. The predicted molar refractivity (Wildman–Crippen MR) is 124 cm³/mol. The molecule has 0 radical (unpaired) electrons. The van der Waals surface area contributed by atoms with Gasteiger partial charge in [-0.1, -0.05) is 39.3 Å². The first-order valence-corrected chi connectivity index (χ1v) is 13.8. The van der Waals surface area contributed by atoms with Crippen LogP contribution in [0.3, 0.4) is 0 Å². The van der Waals surface area contributed by atoms with Crippen LogP contribution in [0.1, 0.15) is 48.5 Å². The van der Waals surface area contributed by atoms with Gasteiger partial charge in [0.05, 0.1) is 0 Å².